The topological polar surface area (TPSA) is 73.8 Å². The Morgan fingerprint density at radius 3 is 2.85 bits per heavy atom. The smallest absolute Gasteiger partial charge is 0.260 e. The molecule has 3 heterocycles. The lowest BCUT2D eigenvalue weighted by atomic mass is 9.84. The third-order valence-corrected chi connectivity index (χ3v) is 4.76. The van der Waals surface area contributed by atoms with Gasteiger partial charge in [0.1, 0.15) is 23.3 Å². The molecule has 4 rings (SSSR count). The van der Waals surface area contributed by atoms with Gasteiger partial charge >= 0.3 is 0 Å². The fourth-order valence-electron chi connectivity index (χ4n) is 3.41. The highest BCUT2D eigenvalue weighted by Crippen LogP contribution is 2.35. The zero-order chi connectivity index (χ0) is 18.7. The molecule has 2 aromatic rings. The van der Waals surface area contributed by atoms with Crippen molar-refractivity contribution in [3.8, 4) is 11.6 Å². The van der Waals surface area contributed by atoms with Crippen molar-refractivity contribution in [1.29, 1.82) is 0 Å². The van der Waals surface area contributed by atoms with Gasteiger partial charge < -0.3 is 19.1 Å². The molecule has 7 nitrogen and oxygen atoms in total. The summed E-state index contributed by atoms with van der Waals surface area (Å²) in [5, 5.41) is 0. The minimum Gasteiger partial charge on any atom is -0.484 e. The Kier molecular flexibility index (Phi) is 4.89. The normalized spacial score (nSPS) is 20.8. The lowest BCUT2D eigenvalue weighted by molar-refractivity contribution is -0.194. The van der Waals surface area contributed by atoms with Gasteiger partial charge in [-0.25, -0.2) is 9.37 Å². The Morgan fingerprint density at radius 2 is 2.11 bits per heavy atom. The number of carbonyl (C=O) groups excluding carboxylic acids is 1. The van der Waals surface area contributed by atoms with Crippen LogP contribution in [0.3, 0.4) is 0 Å². The van der Waals surface area contributed by atoms with E-state index in [9.17, 15) is 9.18 Å². The monoisotopic (exact) mass is 373 g/mol. The molecule has 1 atom stereocenters. The second-order valence-corrected chi connectivity index (χ2v) is 6.80. The number of amides is 1. The van der Waals surface area contributed by atoms with Gasteiger partial charge in [0.15, 0.2) is 6.61 Å². The number of ether oxygens (including phenoxy) is 3. The number of aromatic nitrogens is 2. The van der Waals surface area contributed by atoms with E-state index in [0.717, 1.165) is 6.42 Å². The van der Waals surface area contributed by atoms with Crippen LogP contribution in [-0.2, 0) is 9.53 Å². The van der Waals surface area contributed by atoms with Crippen LogP contribution in [0, 0.1) is 5.82 Å². The van der Waals surface area contributed by atoms with E-state index in [0.29, 0.717) is 37.7 Å². The number of hydrogen-bond acceptors (Lipinski definition) is 6. The highest BCUT2D eigenvalue weighted by atomic mass is 19.1. The zero-order valence-corrected chi connectivity index (χ0v) is 14.7. The number of nitrogens with zero attached hydrogens (tertiary/aromatic N) is 3. The van der Waals surface area contributed by atoms with Crippen molar-refractivity contribution in [3.63, 3.8) is 0 Å². The van der Waals surface area contributed by atoms with Gasteiger partial charge in [-0.15, -0.1) is 0 Å². The van der Waals surface area contributed by atoms with E-state index in [1.165, 1.54) is 24.3 Å². The van der Waals surface area contributed by atoms with Gasteiger partial charge in [-0.3, -0.25) is 9.78 Å². The molecule has 2 fully saturated rings. The quantitative estimate of drug-likeness (QED) is 0.796. The van der Waals surface area contributed by atoms with Crippen LogP contribution in [0.15, 0.2) is 42.9 Å². The van der Waals surface area contributed by atoms with E-state index >= 15 is 0 Å². The zero-order valence-electron chi connectivity index (χ0n) is 14.7. The summed E-state index contributed by atoms with van der Waals surface area (Å²) in [6.45, 7) is 1.53. The van der Waals surface area contributed by atoms with E-state index < -0.39 is 0 Å². The van der Waals surface area contributed by atoms with E-state index in [2.05, 4.69) is 9.97 Å². The van der Waals surface area contributed by atoms with Crippen LogP contribution >= 0.6 is 0 Å². The van der Waals surface area contributed by atoms with E-state index in [4.69, 9.17) is 14.2 Å². The van der Waals surface area contributed by atoms with Crippen molar-refractivity contribution in [2.24, 2.45) is 0 Å². The average Bonchev–Trinajstić information content (AvgIpc) is 2.66. The number of rotatable bonds is 5. The fourth-order valence-corrected chi connectivity index (χ4v) is 3.41. The van der Waals surface area contributed by atoms with Crippen LogP contribution in [0.5, 0.6) is 11.6 Å². The third-order valence-electron chi connectivity index (χ3n) is 4.76. The van der Waals surface area contributed by atoms with Crippen molar-refractivity contribution < 1.29 is 23.4 Å². The molecule has 2 aliphatic rings. The first-order chi connectivity index (χ1) is 13.1. The van der Waals surface area contributed by atoms with Gasteiger partial charge in [-0.2, -0.15) is 0 Å². The first-order valence-electron chi connectivity index (χ1n) is 8.85. The lowest BCUT2D eigenvalue weighted by Crippen LogP contribution is -2.68. The van der Waals surface area contributed by atoms with Gasteiger partial charge in [-0.05, 0) is 24.3 Å². The molecule has 0 saturated carbocycles. The Bertz CT molecular complexity index is 781. The summed E-state index contributed by atoms with van der Waals surface area (Å²) in [6.07, 6.45) is 6.25. The summed E-state index contributed by atoms with van der Waals surface area (Å²) in [6, 6.07) is 5.59. The number of halogens is 1. The van der Waals surface area contributed by atoms with Gasteiger partial charge in [0.25, 0.3) is 5.91 Å². The van der Waals surface area contributed by atoms with Crippen molar-refractivity contribution in [2.75, 3.05) is 26.3 Å². The highest BCUT2D eigenvalue weighted by Gasteiger charge is 2.50. The minimum absolute atomic E-state index is 0.0110. The molecule has 0 N–H and O–H groups in total. The van der Waals surface area contributed by atoms with Crippen LogP contribution in [0.2, 0.25) is 0 Å². The van der Waals surface area contributed by atoms with Crippen LogP contribution in [-0.4, -0.2) is 58.8 Å². The third kappa shape index (κ3) is 4.16. The number of benzene rings is 1. The first-order valence-corrected chi connectivity index (χ1v) is 8.85. The molecule has 0 aliphatic carbocycles. The van der Waals surface area contributed by atoms with Gasteiger partial charge in [-0.1, -0.05) is 0 Å². The van der Waals surface area contributed by atoms with Crippen LogP contribution in [0.25, 0.3) is 0 Å². The van der Waals surface area contributed by atoms with Gasteiger partial charge in [0.2, 0.25) is 5.88 Å². The van der Waals surface area contributed by atoms with Crippen molar-refractivity contribution in [2.45, 2.75) is 24.5 Å². The molecule has 8 heteroatoms. The molecule has 142 valence electrons. The molecule has 0 bridgehead atoms. The maximum absolute atomic E-state index is 12.9. The molecule has 1 spiro atoms. The average molecular weight is 373 g/mol. The Balaban J connectivity index is 1.26. The lowest BCUT2D eigenvalue weighted by Gasteiger charge is -2.52. The molecule has 1 amide bonds. The van der Waals surface area contributed by atoms with E-state index in [-0.39, 0.29) is 30.0 Å². The number of likely N-dealkylation sites (tertiary alicyclic amines) is 1. The standard InChI is InChI=1S/C19H20FN3O4/c20-14-1-3-15(4-2-14)25-11-18(24)23-12-19(13-23)9-16(5-8-26-19)27-17-10-21-6-7-22-17/h1-4,6-7,10,16H,5,8-9,11-13H2/t16-/m1/s1. The summed E-state index contributed by atoms with van der Waals surface area (Å²) in [5.41, 5.74) is -0.364. The largest absolute Gasteiger partial charge is 0.484 e. The van der Waals surface area contributed by atoms with E-state index in [1.54, 1.807) is 23.5 Å². The summed E-state index contributed by atoms with van der Waals surface area (Å²) in [4.78, 5) is 22.1. The molecule has 0 radical (unpaired) electrons. The van der Waals surface area contributed by atoms with E-state index in [1.807, 2.05) is 0 Å². The second kappa shape index (κ2) is 7.48. The maximum Gasteiger partial charge on any atom is 0.260 e. The van der Waals surface area contributed by atoms with Crippen molar-refractivity contribution in [3.05, 3.63) is 48.7 Å². The van der Waals surface area contributed by atoms with Crippen LogP contribution in [0.1, 0.15) is 12.8 Å². The summed E-state index contributed by atoms with van der Waals surface area (Å²) >= 11 is 0. The first kappa shape index (κ1) is 17.7. The summed E-state index contributed by atoms with van der Waals surface area (Å²) in [7, 11) is 0. The molecule has 2 saturated heterocycles. The van der Waals surface area contributed by atoms with Crippen molar-refractivity contribution >= 4 is 5.91 Å². The Morgan fingerprint density at radius 1 is 1.30 bits per heavy atom. The predicted molar refractivity (Wildman–Crippen MR) is 92.8 cm³/mol. The van der Waals surface area contributed by atoms with Crippen LogP contribution in [0.4, 0.5) is 4.39 Å². The van der Waals surface area contributed by atoms with Gasteiger partial charge in [0.05, 0.1) is 25.9 Å². The Labute approximate surface area is 156 Å². The molecule has 2 aliphatic heterocycles. The summed E-state index contributed by atoms with van der Waals surface area (Å²) in [5.74, 6) is 0.502. The molecule has 1 aromatic heterocycles. The fraction of sp³-hybridized carbons (Fsp3) is 0.421. The Hall–Kier alpha value is -2.74. The minimum atomic E-state index is -0.364. The predicted octanol–water partition coefficient (Wildman–Crippen LogP) is 1.83. The molecular formula is C19H20FN3O4. The SMILES string of the molecule is O=C(COc1ccc(F)cc1)N1CC2(C[C@H](Oc3cnccn3)CCO2)C1. The molecule has 27 heavy (non-hydrogen) atoms. The van der Waals surface area contributed by atoms with Crippen molar-refractivity contribution in [1.82, 2.24) is 14.9 Å². The second-order valence-electron chi connectivity index (χ2n) is 6.80. The molecule has 1 aromatic carbocycles. The molecular weight excluding hydrogens is 353 g/mol. The number of carbonyl (C=O) groups is 1. The van der Waals surface area contributed by atoms with Crippen LogP contribution < -0.4 is 9.47 Å². The van der Waals surface area contributed by atoms with Gasteiger partial charge in [0, 0.05) is 25.2 Å². The maximum atomic E-state index is 12.9. The number of hydrogen-bond donors (Lipinski definition) is 0. The molecule has 0 unspecified atom stereocenters. The summed E-state index contributed by atoms with van der Waals surface area (Å²) < 4.78 is 30.1. The highest BCUT2D eigenvalue weighted by molar-refractivity contribution is 5.79.